The summed E-state index contributed by atoms with van der Waals surface area (Å²) in [6.07, 6.45) is 5.60. The summed E-state index contributed by atoms with van der Waals surface area (Å²) in [5.41, 5.74) is 0.719. The third-order valence-electron chi connectivity index (χ3n) is 5.74. The van der Waals surface area contributed by atoms with E-state index in [1.165, 1.54) is 12.8 Å². The second-order valence-corrected chi connectivity index (χ2v) is 7.77. The zero-order valence-corrected chi connectivity index (χ0v) is 14.9. The van der Waals surface area contributed by atoms with Crippen LogP contribution in [0.3, 0.4) is 0 Å². The topological polar surface area (TPSA) is 52.7 Å². The van der Waals surface area contributed by atoms with Gasteiger partial charge in [0.2, 0.25) is 0 Å². The molecular formula is C20H27N3O2. The molecule has 3 aliphatic rings. The molecule has 0 aromatic heterocycles. The van der Waals surface area contributed by atoms with E-state index in [-0.39, 0.29) is 18.0 Å². The minimum Gasteiger partial charge on any atom is -0.337 e. The summed E-state index contributed by atoms with van der Waals surface area (Å²) in [4.78, 5) is 29.3. The summed E-state index contributed by atoms with van der Waals surface area (Å²) in [6.45, 7) is 3.51. The molecule has 1 aliphatic heterocycles. The predicted molar refractivity (Wildman–Crippen MR) is 96.3 cm³/mol. The molecule has 5 heteroatoms. The number of benzene rings is 1. The van der Waals surface area contributed by atoms with Crippen molar-refractivity contribution in [3.63, 3.8) is 0 Å². The van der Waals surface area contributed by atoms with Crippen molar-refractivity contribution in [3.05, 3.63) is 35.9 Å². The van der Waals surface area contributed by atoms with Crippen molar-refractivity contribution in [3.8, 4) is 0 Å². The van der Waals surface area contributed by atoms with Gasteiger partial charge in [0.05, 0.1) is 0 Å². The highest BCUT2D eigenvalue weighted by atomic mass is 16.2. The van der Waals surface area contributed by atoms with E-state index in [0.29, 0.717) is 31.1 Å². The Kier molecular flexibility index (Phi) is 4.40. The van der Waals surface area contributed by atoms with Crippen LogP contribution in [0.5, 0.6) is 0 Å². The zero-order valence-electron chi connectivity index (χ0n) is 14.9. The molecule has 1 aromatic carbocycles. The van der Waals surface area contributed by atoms with Crippen LogP contribution in [0.4, 0.5) is 4.79 Å². The van der Waals surface area contributed by atoms with Gasteiger partial charge in [0.25, 0.3) is 5.91 Å². The van der Waals surface area contributed by atoms with Gasteiger partial charge >= 0.3 is 6.03 Å². The lowest BCUT2D eigenvalue weighted by molar-refractivity contribution is 0.0788. The van der Waals surface area contributed by atoms with Gasteiger partial charge < -0.3 is 15.1 Å². The molecule has 5 nitrogen and oxygen atoms in total. The van der Waals surface area contributed by atoms with Gasteiger partial charge in [-0.3, -0.25) is 4.79 Å². The average Bonchev–Trinajstić information content (AvgIpc) is 3.54. The second kappa shape index (κ2) is 6.70. The first-order valence-corrected chi connectivity index (χ1v) is 9.56. The van der Waals surface area contributed by atoms with Crippen molar-refractivity contribution in [1.82, 2.24) is 15.1 Å². The van der Waals surface area contributed by atoms with Crippen LogP contribution >= 0.6 is 0 Å². The van der Waals surface area contributed by atoms with Crippen molar-refractivity contribution < 1.29 is 9.59 Å². The first kappa shape index (κ1) is 16.4. The molecule has 3 fully saturated rings. The van der Waals surface area contributed by atoms with Crippen LogP contribution in [-0.2, 0) is 0 Å². The van der Waals surface area contributed by atoms with Gasteiger partial charge in [0, 0.05) is 36.8 Å². The van der Waals surface area contributed by atoms with Crippen molar-refractivity contribution in [2.75, 3.05) is 13.1 Å². The fourth-order valence-corrected chi connectivity index (χ4v) is 3.92. The van der Waals surface area contributed by atoms with Crippen LogP contribution in [0.2, 0.25) is 0 Å². The molecule has 4 rings (SSSR count). The Morgan fingerprint density at radius 1 is 1.12 bits per heavy atom. The van der Waals surface area contributed by atoms with Crippen LogP contribution in [-0.4, -0.2) is 53.0 Å². The molecule has 2 atom stereocenters. The average molecular weight is 341 g/mol. The maximum atomic E-state index is 12.8. The lowest BCUT2D eigenvalue weighted by Gasteiger charge is -2.31. The summed E-state index contributed by atoms with van der Waals surface area (Å²) in [7, 11) is 0. The summed E-state index contributed by atoms with van der Waals surface area (Å²) < 4.78 is 0. The Hall–Kier alpha value is -2.04. The van der Waals surface area contributed by atoms with E-state index >= 15 is 0 Å². The van der Waals surface area contributed by atoms with Gasteiger partial charge in [-0.05, 0) is 57.1 Å². The number of likely N-dealkylation sites (tertiary alicyclic amines) is 1. The Balaban J connectivity index is 1.34. The number of nitrogens with one attached hydrogen (secondary N) is 1. The summed E-state index contributed by atoms with van der Waals surface area (Å²) in [5, 5.41) is 3.19. The molecule has 0 radical (unpaired) electrons. The zero-order chi connectivity index (χ0) is 17.4. The number of rotatable bonds is 5. The smallest absolute Gasteiger partial charge is 0.318 e. The fourth-order valence-electron chi connectivity index (χ4n) is 3.92. The number of carbonyl (C=O) groups excluding carboxylic acids is 2. The van der Waals surface area contributed by atoms with E-state index in [1.54, 1.807) is 0 Å². The van der Waals surface area contributed by atoms with Crippen LogP contribution in [0.1, 0.15) is 49.4 Å². The van der Waals surface area contributed by atoms with E-state index in [1.807, 2.05) is 35.2 Å². The van der Waals surface area contributed by atoms with Gasteiger partial charge in [-0.25, -0.2) is 4.79 Å². The first-order valence-electron chi connectivity index (χ1n) is 9.56. The highest BCUT2D eigenvalue weighted by molar-refractivity contribution is 5.94. The molecule has 1 aromatic rings. The third-order valence-corrected chi connectivity index (χ3v) is 5.74. The summed E-state index contributed by atoms with van der Waals surface area (Å²) in [6, 6.07) is 10.3. The number of carbonyl (C=O) groups is 2. The van der Waals surface area contributed by atoms with Gasteiger partial charge in [-0.15, -0.1) is 0 Å². The second-order valence-electron chi connectivity index (χ2n) is 7.77. The van der Waals surface area contributed by atoms with E-state index in [9.17, 15) is 9.59 Å². The van der Waals surface area contributed by atoms with Crippen molar-refractivity contribution in [2.24, 2.45) is 5.92 Å². The SMILES string of the molecule is C[C@@H](C1CC1)N(C(=O)N[C@@H]1CCN(C(=O)c2ccccc2)C1)C1CC1. The molecule has 0 unspecified atom stereocenters. The Morgan fingerprint density at radius 3 is 2.48 bits per heavy atom. The van der Waals surface area contributed by atoms with E-state index < -0.39 is 0 Å². The minimum absolute atomic E-state index is 0.0581. The maximum absolute atomic E-state index is 12.8. The molecule has 25 heavy (non-hydrogen) atoms. The third kappa shape index (κ3) is 3.65. The molecule has 0 bridgehead atoms. The molecular weight excluding hydrogens is 314 g/mol. The number of nitrogens with zero attached hydrogens (tertiary/aromatic N) is 2. The molecule has 2 aliphatic carbocycles. The Labute approximate surface area is 149 Å². The number of urea groups is 1. The predicted octanol–water partition coefficient (Wildman–Crippen LogP) is 2.87. The largest absolute Gasteiger partial charge is 0.337 e. The van der Waals surface area contributed by atoms with E-state index in [0.717, 1.165) is 24.8 Å². The summed E-state index contributed by atoms with van der Waals surface area (Å²) >= 11 is 0. The highest BCUT2D eigenvalue weighted by Crippen LogP contribution is 2.39. The lowest BCUT2D eigenvalue weighted by Crippen LogP contribution is -2.51. The molecule has 1 saturated heterocycles. The molecule has 3 amide bonds. The van der Waals surface area contributed by atoms with Crippen molar-refractivity contribution >= 4 is 11.9 Å². The standard InChI is InChI=1S/C20H27N3O2/c1-14(15-7-8-15)23(18-9-10-18)20(25)21-17-11-12-22(13-17)19(24)16-5-3-2-4-6-16/h2-6,14-15,17-18H,7-13H2,1H3,(H,21,25)/t14-,17+/m0/s1. The molecule has 0 spiro atoms. The summed E-state index contributed by atoms with van der Waals surface area (Å²) in [5.74, 6) is 0.744. The fraction of sp³-hybridized carbons (Fsp3) is 0.600. The molecule has 2 saturated carbocycles. The van der Waals surface area contributed by atoms with Crippen LogP contribution < -0.4 is 5.32 Å². The number of hydrogen-bond donors (Lipinski definition) is 1. The quantitative estimate of drug-likeness (QED) is 0.895. The van der Waals surface area contributed by atoms with Gasteiger partial charge in [0.1, 0.15) is 0 Å². The van der Waals surface area contributed by atoms with Crippen LogP contribution in [0.25, 0.3) is 0 Å². The number of amides is 3. The number of hydrogen-bond acceptors (Lipinski definition) is 2. The maximum Gasteiger partial charge on any atom is 0.318 e. The molecule has 1 heterocycles. The van der Waals surface area contributed by atoms with E-state index in [4.69, 9.17) is 0 Å². The lowest BCUT2D eigenvalue weighted by atomic mass is 10.2. The minimum atomic E-state index is 0.0581. The van der Waals surface area contributed by atoms with Gasteiger partial charge in [-0.1, -0.05) is 18.2 Å². The monoisotopic (exact) mass is 341 g/mol. The normalized spacial score (nSPS) is 24.0. The Morgan fingerprint density at radius 2 is 1.84 bits per heavy atom. The first-order chi connectivity index (χ1) is 12.1. The Bertz CT molecular complexity index is 640. The van der Waals surface area contributed by atoms with Gasteiger partial charge in [0.15, 0.2) is 0 Å². The molecule has 134 valence electrons. The van der Waals surface area contributed by atoms with E-state index in [2.05, 4.69) is 17.1 Å². The molecule has 1 N–H and O–H groups in total. The van der Waals surface area contributed by atoms with Gasteiger partial charge in [-0.2, -0.15) is 0 Å². The van der Waals surface area contributed by atoms with Crippen LogP contribution in [0, 0.1) is 5.92 Å². The van der Waals surface area contributed by atoms with Crippen LogP contribution in [0.15, 0.2) is 30.3 Å². The highest BCUT2D eigenvalue weighted by Gasteiger charge is 2.42. The van der Waals surface area contributed by atoms with Crippen molar-refractivity contribution in [2.45, 2.75) is 57.2 Å². The van der Waals surface area contributed by atoms with Crippen molar-refractivity contribution in [1.29, 1.82) is 0 Å².